The lowest BCUT2D eigenvalue weighted by Gasteiger charge is -2.04. The van der Waals surface area contributed by atoms with Crippen LogP contribution < -0.4 is 10.1 Å². The van der Waals surface area contributed by atoms with Crippen LogP contribution in [0.5, 0.6) is 5.75 Å². The molecule has 0 aliphatic carbocycles. The van der Waals surface area contributed by atoms with Crippen molar-refractivity contribution < 1.29 is 18.2 Å². The molecule has 1 atom stereocenters. The van der Waals surface area contributed by atoms with Crippen molar-refractivity contribution in [2.45, 2.75) is 19.2 Å². The van der Waals surface area contributed by atoms with Crippen LogP contribution in [0.1, 0.15) is 17.1 Å². The molecule has 3 rings (SSSR count). The van der Waals surface area contributed by atoms with Gasteiger partial charge in [0.25, 0.3) is 0 Å². The van der Waals surface area contributed by atoms with E-state index in [4.69, 9.17) is 9.15 Å². The highest BCUT2D eigenvalue weighted by atomic mass is 32.2. The number of hydrogen-bond donors (Lipinski definition) is 1. The second-order valence-electron chi connectivity index (χ2n) is 6.08. The van der Waals surface area contributed by atoms with Crippen molar-refractivity contribution in [3.63, 3.8) is 0 Å². The first kappa shape index (κ1) is 19.8. The Hall–Kier alpha value is -3.00. The number of amides is 1. The highest BCUT2D eigenvalue weighted by molar-refractivity contribution is 7.84. The van der Waals surface area contributed by atoms with Gasteiger partial charge in [0.15, 0.2) is 0 Å². The van der Waals surface area contributed by atoms with E-state index >= 15 is 0 Å². The topological polar surface area (TPSA) is 94.3 Å². The minimum absolute atomic E-state index is 0.100. The molecule has 3 aromatic rings. The summed E-state index contributed by atoms with van der Waals surface area (Å²) in [5.41, 5.74) is 2.13. The third-order valence-electron chi connectivity index (χ3n) is 4.01. The van der Waals surface area contributed by atoms with E-state index in [0.717, 1.165) is 17.0 Å². The molecular weight excluding hydrogens is 378 g/mol. The van der Waals surface area contributed by atoms with Crippen molar-refractivity contribution in [2.75, 3.05) is 12.9 Å². The Bertz CT molecular complexity index is 955. The van der Waals surface area contributed by atoms with Gasteiger partial charge in [0.05, 0.1) is 30.8 Å². The zero-order valence-electron chi connectivity index (χ0n) is 15.7. The van der Waals surface area contributed by atoms with Crippen LogP contribution in [0.15, 0.2) is 53.1 Å². The summed E-state index contributed by atoms with van der Waals surface area (Å²) in [5.74, 6) is 1.55. The van der Waals surface area contributed by atoms with Crippen LogP contribution in [-0.2, 0) is 27.9 Å². The molecule has 28 heavy (non-hydrogen) atoms. The number of carbonyl (C=O) groups excluding carboxylic acids is 1. The standard InChI is InChI=1S/C20H21N3O4S/c1-14-18(23-20(27-14)15-6-8-17(26-2)9-7-15)12-28(25)13-19(24)22-11-16-5-3-4-10-21-16/h3-10H,11-13H2,1-2H3,(H,22,24)/t28-/m0/s1. The fourth-order valence-electron chi connectivity index (χ4n) is 2.51. The Balaban J connectivity index is 1.56. The fraction of sp³-hybridized carbons (Fsp3) is 0.250. The summed E-state index contributed by atoms with van der Waals surface area (Å²) in [4.78, 5) is 20.6. The lowest BCUT2D eigenvalue weighted by Crippen LogP contribution is -2.28. The Morgan fingerprint density at radius 2 is 2.00 bits per heavy atom. The molecule has 1 aromatic carbocycles. The number of nitrogens with one attached hydrogen (secondary N) is 1. The third kappa shape index (κ3) is 5.26. The third-order valence-corrected chi connectivity index (χ3v) is 5.19. The van der Waals surface area contributed by atoms with Crippen molar-refractivity contribution in [3.05, 3.63) is 65.8 Å². The second-order valence-corrected chi connectivity index (χ2v) is 7.53. The van der Waals surface area contributed by atoms with E-state index in [0.29, 0.717) is 23.9 Å². The number of ether oxygens (including phenoxy) is 1. The molecule has 0 saturated heterocycles. The number of methoxy groups -OCH3 is 1. The number of hydrogen-bond acceptors (Lipinski definition) is 6. The van der Waals surface area contributed by atoms with Gasteiger partial charge in [-0.05, 0) is 43.3 Å². The molecule has 0 aliphatic heterocycles. The smallest absolute Gasteiger partial charge is 0.232 e. The van der Waals surface area contributed by atoms with Crippen LogP contribution in [-0.4, -0.2) is 32.9 Å². The van der Waals surface area contributed by atoms with Crippen LogP contribution in [0, 0.1) is 6.92 Å². The number of benzene rings is 1. The maximum absolute atomic E-state index is 12.4. The van der Waals surface area contributed by atoms with E-state index in [1.165, 1.54) is 0 Å². The summed E-state index contributed by atoms with van der Waals surface area (Å²) < 4.78 is 23.2. The largest absolute Gasteiger partial charge is 0.497 e. The van der Waals surface area contributed by atoms with Crippen LogP contribution in [0.25, 0.3) is 11.5 Å². The summed E-state index contributed by atoms with van der Waals surface area (Å²) >= 11 is 0. The van der Waals surface area contributed by atoms with Gasteiger partial charge in [0.1, 0.15) is 17.3 Å². The van der Waals surface area contributed by atoms with Gasteiger partial charge in [-0.3, -0.25) is 14.0 Å². The van der Waals surface area contributed by atoms with Crippen LogP contribution in [0.2, 0.25) is 0 Å². The molecule has 0 unspecified atom stereocenters. The van der Waals surface area contributed by atoms with E-state index < -0.39 is 10.8 Å². The quantitative estimate of drug-likeness (QED) is 0.626. The normalized spacial score (nSPS) is 11.8. The van der Waals surface area contributed by atoms with E-state index in [2.05, 4.69) is 15.3 Å². The number of pyridine rings is 1. The molecule has 0 radical (unpaired) electrons. The predicted octanol–water partition coefficient (Wildman–Crippen LogP) is 2.62. The molecule has 0 fully saturated rings. The summed E-state index contributed by atoms with van der Waals surface area (Å²) in [5, 5.41) is 2.72. The van der Waals surface area contributed by atoms with Gasteiger partial charge in [-0.1, -0.05) is 6.07 Å². The summed E-state index contributed by atoms with van der Waals surface area (Å²) in [6.45, 7) is 2.08. The van der Waals surface area contributed by atoms with Crippen LogP contribution in [0.3, 0.4) is 0 Å². The van der Waals surface area contributed by atoms with Gasteiger partial charge in [-0.25, -0.2) is 4.98 Å². The van der Waals surface area contributed by atoms with Crippen LogP contribution >= 0.6 is 0 Å². The van der Waals surface area contributed by atoms with Crippen LogP contribution in [0.4, 0.5) is 0 Å². The molecule has 8 heteroatoms. The lowest BCUT2D eigenvalue weighted by molar-refractivity contribution is -0.118. The predicted molar refractivity (Wildman–Crippen MR) is 106 cm³/mol. The number of aryl methyl sites for hydroxylation is 1. The minimum atomic E-state index is -1.39. The Labute approximate surface area is 165 Å². The number of oxazole rings is 1. The highest BCUT2D eigenvalue weighted by Crippen LogP contribution is 2.24. The number of nitrogens with zero attached hydrogens (tertiary/aromatic N) is 2. The van der Waals surface area contributed by atoms with Gasteiger partial charge in [-0.2, -0.15) is 0 Å². The zero-order chi connectivity index (χ0) is 19.9. The minimum Gasteiger partial charge on any atom is -0.497 e. The van der Waals surface area contributed by atoms with E-state index in [1.54, 1.807) is 26.3 Å². The van der Waals surface area contributed by atoms with E-state index in [1.807, 2.05) is 36.4 Å². The molecule has 0 saturated carbocycles. The molecule has 1 N–H and O–H groups in total. The summed E-state index contributed by atoms with van der Waals surface area (Å²) in [6.07, 6.45) is 1.66. The van der Waals surface area contributed by atoms with Gasteiger partial charge in [-0.15, -0.1) is 0 Å². The van der Waals surface area contributed by atoms with E-state index in [-0.39, 0.29) is 17.4 Å². The van der Waals surface area contributed by atoms with Crippen molar-refractivity contribution in [1.82, 2.24) is 15.3 Å². The molecule has 2 heterocycles. The van der Waals surface area contributed by atoms with E-state index in [9.17, 15) is 9.00 Å². The molecule has 0 bridgehead atoms. The van der Waals surface area contributed by atoms with Crippen molar-refractivity contribution >= 4 is 16.7 Å². The first-order chi connectivity index (χ1) is 13.5. The van der Waals surface area contributed by atoms with Gasteiger partial charge in [0, 0.05) is 22.6 Å². The Morgan fingerprint density at radius 1 is 1.21 bits per heavy atom. The Morgan fingerprint density at radius 3 is 2.68 bits per heavy atom. The number of rotatable bonds is 8. The monoisotopic (exact) mass is 399 g/mol. The molecular formula is C20H21N3O4S. The number of carbonyl (C=O) groups is 1. The highest BCUT2D eigenvalue weighted by Gasteiger charge is 2.16. The fourth-order valence-corrected chi connectivity index (χ4v) is 3.58. The molecule has 146 valence electrons. The van der Waals surface area contributed by atoms with Gasteiger partial charge in [0.2, 0.25) is 11.8 Å². The first-order valence-corrected chi connectivity index (χ1v) is 10.2. The summed E-state index contributed by atoms with van der Waals surface area (Å²) in [6, 6.07) is 12.8. The van der Waals surface area contributed by atoms with Crippen molar-refractivity contribution in [3.8, 4) is 17.2 Å². The Kier molecular flexibility index (Phi) is 6.54. The SMILES string of the molecule is COc1ccc(-c2nc(C[S@](=O)CC(=O)NCc3ccccn3)c(C)o2)cc1. The van der Waals surface area contributed by atoms with Crippen molar-refractivity contribution in [1.29, 1.82) is 0 Å². The molecule has 1 amide bonds. The second kappa shape index (κ2) is 9.27. The summed E-state index contributed by atoms with van der Waals surface area (Å²) in [7, 11) is 0.209. The average molecular weight is 399 g/mol. The van der Waals surface area contributed by atoms with Gasteiger partial charge >= 0.3 is 0 Å². The maximum Gasteiger partial charge on any atom is 0.232 e. The molecule has 0 aliphatic rings. The lowest BCUT2D eigenvalue weighted by atomic mass is 10.2. The van der Waals surface area contributed by atoms with Crippen molar-refractivity contribution in [2.24, 2.45) is 0 Å². The zero-order valence-corrected chi connectivity index (χ0v) is 16.5. The molecule has 0 spiro atoms. The maximum atomic E-state index is 12.4. The average Bonchev–Trinajstić information content (AvgIpc) is 3.07. The van der Waals surface area contributed by atoms with Gasteiger partial charge < -0.3 is 14.5 Å². The molecule has 2 aromatic heterocycles. The first-order valence-electron chi connectivity index (χ1n) is 8.67. The number of aromatic nitrogens is 2. The molecule has 7 nitrogen and oxygen atoms in total.